The number of hydrogen-bond donors (Lipinski definition) is 1. The Labute approximate surface area is 159 Å². The number of rotatable bonds is 6. The third-order valence-corrected chi connectivity index (χ3v) is 4.79. The number of nitrogens with one attached hydrogen (secondary N) is 1. The van der Waals surface area contributed by atoms with Crippen LogP contribution in [0.3, 0.4) is 0 Å². The van der Waals surface area contributed by atoms with Crippen molar-refractivity contribution in [2.75, 3.05) is 0 Å². The quantitative estimate of drug-likeness (QED) is 0.727. The summed E-state index contributed by atoms with van der Waals surface area (Å²) in [6.07, 6.45) is 2.93. The lowest BCUT2D eigenvalue weighted by molar-refractivity contribution is -0.121. The predicted octanol–water partition coefficient (Wildman–Crippen LogP) is 2.48. The largest absolute Gasteiger partial charge is 0.352 e. The Kier molecular flexibility index (Phi) is 5.39. The van der Waals surface area contributed by atoms with Gasteiger partial charge in [-0.05, 0) is 57.4 Å². The number of carbonyl (C=O) groups is 1. The van der Waals surface area contributed by atoms with Gasteiger partial charge in [-0.3, -0.25) is 9.48 Å². The molecular formula is C20H26N6O. The van der Waals surface area contributed by atoms with E-state index in [0.717, 1.165) is 39.7 Å². The van der Waals surface area contributed by atoms with Gasteiger partial charge in [-0.2, -0.15) is 10.2 Å². The first-order valence-electron chi connectivity index (χ1n) is 9.09. The number of nitrogens with zero attached hydrogens (tertiary/aromatic N) is 5. The van der Waals surface area contributed by atoms with Crippen LogP contribution in [0.15, 0.2) is 24.4 Å². The van der Waals surface area contributed by atoms with Gasteiger partial charge in [0.05, 0.1) is 11.4 Å². The summed E-state index contributed by atoms with van der Waals surface area (Å²) in [7, 11) is 1.93. The van der Waals surface area contributed by atoms with Gasteiger partial charge in [0.15, 0.2) is 5.82 Å². The van der Waals surface area contributed by atoms with Crippen LogP contribution in [-0.4, -0.2) is 30.5 Å². The molecule has 1 N–H and O–H groups in total. The van der Waals surface area contributed by atoms with Gasteiger partial charge < -0.3 is 5.32 Å². The van der Waals surface area contributed by atoms with Crippen molar-refractivity contribution in [2.45, 2.75) is 47.1 Å². The van der Waals surface area contributed by atoms with Crippen molar-refractivity contribution in [2.24, 2.45) is 7.05 Å². The van der Waals surface area contributed by atoms with Crippen LogP contribution in [0.2, 0.25) is 0 Å². The lowest BCUT2D eigenvalue weighted by Gasteiger charge is -2.07. The van der Waals surface area contributed by atoms with E-state index >= 15 is 0 Å². The molecule has 0 radical (unpaired) electrons. The minimum absolute atomic E-state index is 0.0280. The van der Waals surface area contributed by atoms with Crippen molar-refractivity contribution in [3.05, 3.63) is 58.3 Å². The molecule has 3 aromatic rings. The highest BCUT2D eigenvalue weighted by atomic mass is 16.1. The molecule has 0 bridgehead atoms. The van der Waals surface area contributed by atoms with Gasteiger partial charge in [0.2, 0.25) is 5.91 Å². The predicted molar refractivity (Wildman–Crippen MR) is 104 cm³/mol. The molecule has 0 atom stereocenters. The van der Waals surface area contributed by atoms with E-state index in [9.17, 15) is 4.79 Å². The molecule has 0 aliphatic rings. The normalized spacial score (nSPS) is 11.0. The zero-order valence-corrected chi connectivity index (χ0v) is 16.6. The molecule has 1 amide bonds. The molecule has 7 nitrogen and oxygen atoms in total. The van der Waals surface area contributed by atoms with Gasteiger partial charge >= 0.3 is 0 Å². The zero-order chi connectivity index (χ0) is 19.6. The standard InChI is InChI=1S/C20H26N6O/c1-13-10-14(2)26(23-13)19-8-6-17(11-21-19)12-22-20(27)9-7-18-15(3)24-25(5)16(18)4/h6,8,10-11H,7,9,12H2,1-5H3,(H,22,27). The minimum atomic E-state index is 0.0280. The topological polar surface area (TPSA) is 77.6 Å². The van der Waals surface area contributed by atoms with Crippen LogP contribution in [0.5, 0.6) is 0 Å². The number of aromatic nitrogens is 5. The molecule has 142 valence electrons. The second-order valence-electron chi connectivity index (χ2n) is 6.91. The van der Waals surface area contributed by atoms with Crippen molar-refractivity contribution in [1.29, 1.82) is 0 Å². The summed E-state index contributed by atoms with van der Waals surface area (Å²) >= 11 is 0. The Morgan fingerprint density at radius 3 is 2.48 bits per heavy atom. The molecule has 0 aliphatic carbocycles. The van der Waals surface area contributed by atoms with Crippen molar-refractivity contribution >= 4 is 5.91 Å². The van der Waals surface area contributed by atoms with E-state index in [0.29, 0.717) is 19.4 Å². The van der Waals surface area contributed by atoms with Crippen molar-refractivity contribution in [3.8, 4) is 5.82 Å². The summed E-state index contributed by atoms with van der Waals surface area (Å²) in [6.45, 7) is 8.44. The van der Waals surface area contributed by atoms with Crippen molar-refractivity contribution in [1.82, 2.24) is 29.9 Å². The van der Waals surface area contributed by atoms with Gasteiger partial charge in [0.1, 0.15) is 0 Å². The number of aryl methyl sites for hydroxylation is 4. The Morgan fingerprint density at radius 2 is 1.93 bits per heavy atom. The summed E-state index contributed by atoms with van der Waals surface area (Å²) in [5.74, 6) is 0.804. The fourth-order valence-corrected chi connectivity index (χ4v) is 3.21. The second-order valence-corrected chi connectivity index (χ2v) is 6.91. The maximum Gasteiger partial charge on any atom is 0.220 e. The lowest BCUT2D eigenvalue weighted by atomic mass is 10.1. The van der Waals surface area contributed by atoms with Gasteiger partial charge in [-0.1, -0.05) is 6.07 Å². The number of amides is 1. The first-order chi connectivity index (χ1) is 12.8. The van der Waals surface area contributed by atoms with Crippen LogP contribution in [-0.2, 0) is 24.8 Å². The first-order valence-corrected chi connectivity index (χ1v) is 9.09. The van der Waals surface area contributed by atoms with E-state index in [-0.39, 0.29) is 5.91 Å². The van der Waals surface area contributed by atoms with Crippen LogP contribution < -0.4 is 5.32 Å². The summed E-state index contributed by atoms with van der Waals surface area (Å²) in [6, 6.07) is 5.90. The highest BCUT2D eigenvalue weighted by Gasteiger charge is 2.11. The highest BCUT2D eigenvalue weighted by Crippen LogP contribution is 2.14. The molecule has 0 aromatic carbocycles. The third-order valence-electron chi connectivity index (χ3n) is 4.79. The average Bonchev–Trinajstić information content (AvgIpc) is 3.09. The fourth-order valence-electron chi connectivity index (χ4n) is 3.21. The maximum absolute atomic E-state index is 12.2. The van der Waals surface area contributed by atoms with Crippen LogP contribution in [0.1, 0.15) is 40.3 Å². The molecule has 3 heterocycles. The number of pyridine rings is 1. The lowest BCUT2D eigenvalue weighted by Crippen LogP contribution is -2.23. The average molecular weight is 366 g/mol. The molecule has 27 heavy (non-hydrogen) atoms. The van der Waals surface area contributed by atoms with Crippen molar-refractivity contribution < 1.29 is 4.79 Å². The summed E-state index contributed by atoms with van der Waals surface area (Å²) in [4.78, 5) is 16.6. The SMILES string of the molecule is Cc1cc(C)n(-c2ccc(CNC(=O)CCc3c(C)nn(C)c3C)cn2)n1. The number of hydrogen-bond acceptors (Lipinski definition) is 4. The molecule has 0 saturated carbocycles. The second kappa shape index (κ2) is 7.73. The molecular weight excluding hydrogens is 340 g/mol. The van der Waals surface area contributed by atoms with E-state index in [2.05, 4.69) is 20.5 Å². The van der Waals surface area contributed by atoms with Crippen LogP contribution in [0.4, 0.5) is 0 Å². The van der Waals surface area contributed by atoms with Crippen LogP contribution in [0.25, 0.3) is 5.82 Å². The molecule has 0 aliphatic heterocycles. The first kappa shape index (κ1) is 18.8. The Morgan fingerprint density at radius 1 is 1.15 bits per heavy atom. The van der Waals surface area contributed by atoms with Gasteiger partial charge in [-0.15, -0.1) is 0 Å². The van der Waals surface area contributed by atoms with E-state index in [1.807, 2.05) is 62.3 Å². The molecule has 7 heteroatoms. The fraction of sp³-hybridized carbons (Fsp3) is 0.400. The van der Waals surface area contributed by atoms with E-state index in [4.69, 9.17) is 0 Å². The molecule has 3 aromatic heterocycles. The van der Waals surface area contributed by atoms with Crippen LogP contribution >= 0.6 is 0 Å². The third kappa shape index (κ3) is 4.24. The van der Waals surface area contributed by atoms with Gasteiger partial charge in [0, 0.05) is 37.6 Å². The van der Waals surface area contributed by atoms with Crippen LogP contribution in [0, 0.1) is 27.7 Å². The molecule has 3 rings (SSSR count). The minimum Gasteiger partial charge on any atom is -0.352 e. The molecule has 0 fully saturated rings. The molecule has 0 spiro atoms. The van der Waals surface area contributed by atoms with Crippen molar-refractivity contribution in [3.63, 3.8) is 0 Å². The Bertz CT molecular complexity index is 952. The van der Waals surface area contributed by atoms with Gasteiger partial charge in [-0.25, -0.2) is 9.67 Å². The monoisotopic (exact) mass is 366 g/mol. The molecule has 0 saturated heterocycles. The Hall–Kier alpha value is -2.96. The summed E-state index contributed by atoms with van der Waals surface area (Å²) in [5.41, 5.74) is 6.23. The maximum atomic E-state index is 12.2. The summed E-state index contributed by atoms with van der Waals surface area (Å²) < 4.78 is 3.68. The zero-order valence-electron chi connectivity index (χ0n) is 16.6. The summed E-state index contributed by atoms with van der Waals surface area (Å²) in [5, 5.41) is 11.8. The van der Waals surface area contributed by atoms with Gasteiger partial charge in [0.25, 0.3) is 0 Å². The number of carbonyl (C=O) groups excluding carboxylic acids is 1. The molecule has 0 unspecified atom stereocenters. The smallest absolute Gasteiger partial charge is 0.220 e. The van der Waals surface area contributed by atoms with E-state index in [1.165, 1.54) is 0 Å². The highest BCUT2D eigenvalue weighted by molar-refractivity contribution is 5.76. The van der Waals surface area contributed by atoms with E-state index in [1.54, 1.807) is 6.20 Å². The van der Waals surface area contributed by atoms with E-state index < -0.39 is 0 Å². The Balaban J connectivity index is 1.54.